The van der Waals surface area contributed by atoms with Gasteiger partial charge in [0.15, 0.2) is 0 Å². The third-order valence-corrected chi connectivity index (χ3v) is 3.01. The Kier molecular flexibility index (Phi) is 6.07. The molecule has 0 bridgehead atoms. The number of hydrogen-bond donors (Lipinski definition) is 2. The summed E-state index contributed by atoms with van der Waals surface area (Å²) in [5, 5.41) is 2.65. The first-order valence-electron chi connectivity index (χ1n) is 5.64. The molecule has 0 saturated heterocycles. The van der Waals surface area contributed by atoms with Crippen molar-refractivity contribution in [1.82, 2.24) is 0 Å². The van der Waals surface area contributed by atoms with Crippen molar-refractivity contribution in [3.05, 3.63) is 24.3 Å². The summed E-state index contributed by atoms with van der Waals surface area (Å²) < 4.78 is 24.2. The molecule has 0 aliphatic carbocycles. The molecule has 0 fully saturated rings. The molecule has 0 spiro atoms. The lowest BCUT2D eigenvalue weighted by molar-refractivity contribution is -0.117. The summed E-state index contributed by atoms with van der Waals surface area (Å²) in [6.07, 6.45) is 1.45. The smallest absolute Gasteiger partial charge is 0.288 e. The monoisotopic (exact) mass is 274 g/mol. The molecule has 0 aliphatic rings. The first kappa shape index (κ1) is 14.9. The van der Waals surface area contributed by atoms with Crippen molar-refractivity contribution in [1.29, 1.82) is 0 Å². The van der Waals surface area contributed by atoms with Gasteiger partial charge in [0.2, 0.25) is 5.91 Å². The van der Waals surface area contributed by atoms with Gasteiger partial charge in [-0.3, -0.25) is 4.79 Å². The van der Waals surface area contributed by atoms with Gasteiger partial charge in [-0.05, 0) is 30.7 Å². The molecule has 1 atom stereocenters. The summed E-state index contributed by atoms with van der Waals surface area (Å²) >= 11 is 0.470. The Hall–Kier alpha value is -1.14. The second-order valence-electron chi connectivity index (χ2n) is 3.79. The van der Waals surface area contributed by atoms with Gasteiger partial charge < -0.3 is 11.1 Å². The van der Waals surface area contributed by atoms with Crippen LogP contribution in [0, 0.1) is 0 Å². The molecule has 0 heterocycles. The number of anilines is 1. The van der Waals surface area contributed by atoms with Crippen molar-refractivity contribution < 1.29 is 13.6 Å². The average Bonchev–Trinajstić information content (AvgIpc) is 2.31. The summed E-state index contributed by atoms with van der Waals surface area (Å²) in [5.74, 6) is -2.70. The van der Waals surface area contributed by atoms with Crippen molar-refractivity contribution in [2.45, 2.75) is 36.5 Å². The number of alkyl halides is 2. The number of carbonyl (C=O) groups is 1. The molecule has 0 aromatic heterocycles. The van der Waals surface area contributed by atoms with Gasteiger partial charge in [-0.1, -0.05) is 25.1 Å². The molecular formula is C12H16F2N2OS. The van der Waals surface area contributed by atoms with E-state index in [-0.39, 0.29) is 5.91 Å². The first-order chi connectivity index (χ1) is 8.52. The van der Waals surface area contributed by atoms with Gasteiger partial charge in [0.05, 0.1) is 6.04 Å². The maximum atomic E-state index is 12.1. The van der Waals surface area contributed by atoms with Gasteiger partial charge in [0, 0.05) is 10.6 Å². The predicted octanol–water partition coefficient (Wildman–Crippen LogP) is 3.07. The quantitative estimate of drug-likeness (QED) is 0.784. The second-order valence-corrected chi connectivity index (χ2v) is 4.85. The van der Waals surface area contributed by atoms with Gasteiger partial charge in [-0.25, -0.2) is 0 Å². The van der Waals surface area contributed by atoms with Crippen molar-refractivity contribution in [2.24, 2.45) is 5.73 Å². The van der Waals surface area contributed by atoms with E-state index < -0.39 is 11.8 Å². The maximum Gasteiger partial charge on any atom is 0.288 e. The van der Waals surface area contributed by atoms with Crippen molar-refractivity contribution in [3.8, 4) is 0 Å². The Balaban J connectivity index is 2.55. The average molecular weight is 274 g/mol. The van der Waals surface area contributed by atoms with Crippen LogP contribution in [-0.4, -0.2) is 17.7 Å². The number of hydrogen-bond acceptors (Lipinski definition) is 3. The molecule has 1 aromatic rings. The largest absolute Gasteiger partial charge is 0.325 e. The maximum absolute atomic E-state index is 12.1. The van der Waals surface area contributed by atoms with Crippen molar-refractivity contribution in [3.63, 3.8) is 0 Å². The molecule has 1 amide bonds. The van der Waals surface area contributed by atoms with E-state index in [4.69, 9.17) is 5.73 Å². The number of nitrogens with one attached hydrogen (secondary N) is 1. The molecule has 3 N–H and O–H groups in total. The lowest BCUT2D eigenvalue weighted by atomic mass is 10.1. The molecule has 1 aromatic carbocycles. The zero-order chi connectivity index (χ0) is 13.5. The van der Waals surface area contributed by atoms with E-state index in [1.807, 2.05) is 6.92 Å². The minimum Gasteiger partial charge on any atom is -0.325 e. The predicted molar refractivity (Wildman–Crippen MR) is 69.8 cm³/mol. The fraction of sp³-hybridized carbons (Fsp3) is 0.417. The Morgan fingerprint density at radius 2 is 2.00 bits per heavy atom. The molecule has 6 heteroatoms. The normalized spacial score (nSPS) is 12.5. The SMILES string of the molecule is CCCC(N)C(=O)Nc1ccc(SC(F)F)cc1. The van der Waals surface area contributed by atoms with Crippen LogP contribution in [0.15, 0.2) is 29.2 Å². The van der Waals surface area contributed by atoms with E-state index in [9.17, 15) is 13.6 Å². The summed E-state index contributed by atoms with van der Waals surface area (Å²) in [4.78, 5) is 12.1. The Bertz CT molecular complexity index is 384. The highest BCUT2D eigenvalue weighted by molar-refractivity contribution is 7.99. The summed E-state index contributed by atoms with van der Waals surface area (Å²) in [5.41, 5.74) is 6.22. The van der Waals surface area contributed by atoms with Crippen LogP contribution >= 0.6 is 11.8 Å². The number of amides is 1. The van der Waals surface area contributed by atoms with E-state index in [0.29, 0.717) is 28.8 Å². The van der Waals surface area contributed by atoms with E-state index in [1.165, 1.54) is 12.1 Å². The lowest BCUT2D eigenvalue weighted by Crippen LogP contribution is -2.35. The summed E-state index contributed by atoms with van der Waals surface area (Å²) in [6, 6.07) is 5.71. The van der Waals surface area contributed by atoms with E-state index in [0.717, 1.165) is 6.42 Å². The van der Waals surface area contributed by atoms with Crippen LogP contribution in [0.25, 0.3) is 0 Å². The number of rotatable bonds is 6. The standard InChI is InChI=1S/C12H16F2N2OS/c1-2-3-10(15)11(17)16-8-4-6-9(7-5-8)18-12(13)14/h4-7,10,12H,2-3,15H2,1H3,(H,16,17). The molecular weight excluding hydrogens is 258 g/mol. The molecule has 3 nitrogen and oxygen atoms in total. The Labute approximate surface area is 109 Å². The fourth-order valence-corrected chi connectivity index (χ4v) is 1.90. The van der Waals surface area contributed by atoms with Gasteiger partial charge >= 0.3 is 0 Å². The highest BCUT2D eigenvalue weighted by atomic mass is 32.2. The summed E-state index contributed by atoms with van der Waals surface area (Å²) in [7, 11) is 0. The van der Waals surface area contributed by atoms with E-state index in [1.54, 1.807) is 12.1 Å². The third kappa shape index (κ3) is 5.01. The number of benzene rings is 1. The van der Waals surface area contributed by atoms with Crippen LogP contribution in [-0.2, 0) is 4.79 Å². The number of halogens is 2. The van der Waals surface area contributed by atoms with E-state index in [2.05, 4.69) is 5.32 Å². The van der Waals surface area contributed by atoms with Gasteiger partial charge in [0.1, 0.15) is 0 Å². The number of thioether (sulfide) groups is 1. The second kappa shape index (κ2) is 7.33. The van der Waals surface area contributed by atoms with E-state index >= 15 is 0 Å². The van der Waals surface area contributed by atoms with Crippen LogP contribution in [0.1, 0.15) is 19.8 Å². The molecule has 1 rings (SSSR count). The number of carbonyl (C=O) groups excluding carboxylic acids is 1. The highest BCUT2D eigenvalue weighted by Crippen LogP contribution is 2.26. The molecule has 1 unspecified atom stereocenters. The zero-order valence-electron chi connectivity index (χ0n) is 10.0. The minimum absolute atomic E-state index is 0.258. The van der Waals surface area contributed by atoms with Gasteiger partial charge in [-0.15, -0.1) is 0 Å². The van der Waals surface area contributed by atoms with Gasteiger partial charge in [-0.2, -0.15) is 8.78 Å². The third-order valence-electron chi connectivity index (χ3n) is 2.28. The number of nitrogens with two attached hydrogens (primary N) is 1. The molecule has 18 heavy (non-hydrogen) atoms. The van der Waals surface area contributed by atoms with Crippen LogP contribution in [0.4, 0.5) is 14.5 Å². The molecule has 0 radical (unpaired) electrons. The van der Waals surface area contributed by atoms with Crippen LogP contribution in [0.2, 0.25) is 0 Å². The van der Waals surface area contributed by atoms with Gasteiger partial charge in [0.25, 0.3) is 5.76 Å². The highest BCUT2D eigenvalue weighted by Gasteiger charge is 2.12. The van der Waals surface area contributed by atoms with Crippen LogP contribution in [0.5, 0.6) is 0 Å². The topological polar surface area (TPSA) is 55.1 Å². The fourth-order valence-electron chi connectivity index (χ4n) is 1.40. The lowest BCUT2D eigenvalue weighted by Gasteiger charge is -2.11. The Morgan fingerprint density at radius 3 is 2.50 bits per heavy atom. The minimum atomic E-state index is -2.44. The Morgan fingerprint density at radius 1 is 1.39 bits per heavy atom. The zero-order valence-corrected chi connectivity index (χ0v) is 10.8. The molecule has 0 aliphatic heterocycles. The van der Waals surface area contributed by atoms with Crippen LogP contribution in [0.3, 0.4) is 0 Å². The summed E-state index contributed by atoms with van der Waals surface area (Å²) in [6.45, 7) is 1.95. The first-order valence-corrected chi connectivity index (χ1v) is 6.52. The molecule has 100 valence electrons. The molecule has 0 saturated carbocycles. The van der Waals surface area contributed by atoms with Crippen molar-refractivity contribution in [2.75, 3.05) is 5.32 Å². The van der Waals surface area contributed by atoms with Crippen LogP contribution < -0.4 is 11.1 Å². The van der Waals surface area contributed by atoms with Crippen molar-refractivity contribution >= 4 is 23.4 Å².